The second kappa shape index (κ2) is 8.15. The molecule has 164 valence electrons. The number of hydrogen-bond donors (Lipinski definition) is 1. The van der Waals surface area contributed by atoms with Gasteiger partial charge in [0.2, 0.25) is 11.8 Å². The van der Waals surface area contributed by atoms with Crippen molar-refractivity contribution in [2.45, 2.75) is 77.4 Å². The number of benzene rings is 1. The molecule has 0 spiro atoms. The van der Waals surface area contributed by atoms with E-state index in [4.69, 9.17) is 9.16 Å². The van der Waals surface area contributed by atoms with E-state index in [1.807, 2.05) is 13.0 Å². The summed E-state index contributed by atoms with van der Waals surface area (Å²) in [5.41, 5.74) is 1.34. The van der Waals surface area contributed by atoms with Gasteiger partial charge in [-0.25, -0.2) is 0 Å². The highest BCUT2D eigenvalue weighted by Gasteiger charge is 2.41. The fourth-order valence-corrected chi connectivity index (χ4v) is 5.04. The minimum Gasteiger partial charge on any atom is -0.491 e. The highest BCUT2D eigenvalue weighted by molar-refractivity contribution is 6.74. The van der Waals surface area contributed by atoms with Crippen molar-refractivity contribution in [2.24, 2.45) is 0 Å². The van der Waals surface area contributed by atoms with Crippen LogP contribution in [-0.2, 0) is 20.6 Å². The van der Waals surface area contributed by atoms with E-state index in [1.54, 1.807) is 12.1 Å². The van der Waals surface area contributed by atoms with Crippen LogP contribution in [0, 0.1) is 0 Å². The average molecular weight is 433 g/mol. The van der Waals surface area contributed by atoms with E-state index in [0.717, 1.165) is 5.56 Å². The maximum atomic E-state index is 12.9. The Kier molecular flexibility index (Phi) is 6.11. The zero-order valence-corrected chi connectivity index (χ0v) is 19.7. The molecule has 8 heteroatoms. The van der Waals surface area contributed by atoms with Crippen LogP contribution in [0.3, 0.4) is 0 Å². The summed E-state index contributed by atoms with van der Waals surface area (Å²) in [7, 11) is -1.90. The molecule has 1 unspecified atom stereocenters. The van der Waals surface area contributed by atoms with Gasteiger partial charge in [-0.1, -0.05) is 26.8 Å². The minimum absolute atomic E-state index is 0.0786. The lowest BCUT2D eigenvalue weighted by molar-refractivity contribution is -0.136. The summed E-state index contributed by atoms with van der Waals surface area (Å²) >= 11 is 0. The van der Waals surface area contributed by atoms with Gasteiger partial charge in [0, 0.05) is 17.5 Å². The maximum absolute atomic E-state index is 12.9. The van der Waals surface area contributed by atoms with Gasteiger partial charge in [-0.3, -0.25) is 19.7 Å². The molecule has 0 bridgehead atoms. The Hall–Kier alpha value is -2.19. The van der Waals surface area contributed by atoms with Crippen molar-refractivity contribution in [3.8, 4) is 5.75 Å². The molecule has 0 saturated carbocycles. The molecule has 2 aliphatic heterocycles. The van der Waals surface area contributed by atoms with Crippen molar-refractivity contribution in [2.75, 3.05) is 6.61 Å². The van der Waals surface area contributed by atoms with Crippen LogP contribution in [0.5, 0.6) is 5.75 Å². The van der Waals surface area contributed by atoms with E-state index in [1.165, 1.54) is 4.90 Å². The molecule has 2 heterocycles. The molecule has 2 aliphatic rings. The molecule has 3 rings (SSSR count). The largest absolute Gasteiger partial charge is 0.491 e. The average Bonchev–Trinajstić information content (AvgIpc) is 2.96. The van der Waals surface area contributed by atoms with Crippen LogP contribution < -0.4 is 10.1 Å². The van der Waals surface area contributed by atoms with Crippen molar-refractivity contribution in [1.82, 2.24) is 10.2 Å². The number of piperidine rings is 1. The number of amides is 3. The van der Waals surface area contributed by atoms with Crippen molar-refractivity contribution in [3.05, 3.63) is 29.3 Å². The number of ether oxygens (including phenoxy) is 1. The second-order valence-corrected chi connectivity index (χ2v) is 14.4. The lowest BCUT2D eigenvalue weighted by Gasteiger charge is -2.38. The Morgan fingerprint density at radius 1 is 1.23 bits per heavy atom. The SMILES string of the molecule is C[C@H](COc1cccc2c1CN(C1CCC(=O)NC1=O)C2=O)O[Si](C)(C)C(C)(C)C. The van der Waals surface area contributed by atoms with Crippen LogP contribution in [0.15, 0.2) is 18.2 Å². The lowest BCUT2D eigenvalue weighted by Crippen LogP contribution is -2.52. The summed E-state index contributed by atoms with van der Waals surface area (Å²) in [4.78, 5) is 38.1. The number of nitrogens with zero attached hydrogens (tertiary/aromatic N) is 1. The van der Waals surface area contributed by atoms with Gasteiger partial charge in [-0.2, -0.15) is 0 Å². The van der Waals surface area contributed by atoms with E-state index in [0.29, 0.717) is 30.9 Å². The third-order valence-corrected chi connectivity index (χ3v) is 10.9. The monoisotopic (exact) mass is 432 g/mol. The van der Waals surface area contributed by atoms with Crippen molar-refractivity contribution < 1.29 is 23.5 Å². The quantitative estimate of drug-likeness (QED) is 0.551. The molecule has 7 nitrogen and oxygen atoms in total. The number of carbonyl (C=O) groups excluding carboxylic acids is 3. The second-order valence-electron chi connectivity index (χ2n) is 9.68. The van der Waals surface area contributed by atoms with Gasteiger partial charge < -0.3 is 14.1 Å². The summed E-state index contributed by atoms with van der Waals surface area (Å²) < 4.78 is 12.4. The predicted molar refractivity (Wildman–Crippen MR) is 116 cm³/mol. The number of fused-ring (bicyclic) bond motifs is 1. The van der Waals surface area contributed by atoms with Gasteiger partial charge in [0.05, 0.1) is 12.6 Å². The molecular formula is C22H32N2O5Si. The number of hydrogen-bond acceptors (Lipinski definition) is 5. The topological polar surface area (TPSA) is 84.9 Å². The molecule has 1 aromatic rings. The molecule has 1 aromatic carbocycles. The van der Waals surface area contributed by atoms with Crippen LogP contribution in [-0.4, -0.2) is 49.7 Å². The molecule has 3 amide bonds. The number of imide groups is 1. The normalized spacial score (nSPS) is 20.8. The van der Waals surface area contributed by atoms with Crippen LogP contribution in [0.4, 0.5) is 0 Å². The summed E-state index contributed by atoms with van der Waals surface area (Å²) in [5, 5.41) is 2.44. The van der Waals surface area contributed by atoms with E-state index in [-0.39, 0.29) is 29.4 Å². The summed E-state index contributed by atoms with van der Waals surface area (Å²) in [6, 6.07) is 4.76. The molecule has 0 aromatic heterocycles. The predicted octanol–water partition coefficient (Wildman–Crippen LogP) is 3.24. The van der Waals surface area contributed by atoms with Crippen molar-refractivity contribution in [3.63, 3.8) is 0 Å². The van der Waals surface area contributed by atoms with Gasteiger partial charge in [-0.05, 0) is 43.6 Å². The van der Waals surface area contributed by atoms with Crippen LogP contribution in [0.2, 0.25) is 18.1 Å². The first-order valence-corrected chi connectivity index (χ1v) is 13.4. The van der Waals surface area contributed by atoms with E-state index in [9.17, 15) is 14.4 Å². The molecule has 30 heavy (non-hydrogen) atoms. The highest BCUT2D eigenvalue weighted by Crippen LogP contribution is 2.38. The van der Waals surface area contributed by atoms with Gasteiger partial charge in [0.1, 0.15) is 18.4 Å². The Morgan fingerprint density at radius 3 is 2.57 bits per heavy atom. The minimum atomic E-state index is -1.90. The molecule has 0 aliphatic carbocycles. The molecule has 1 fully saturated rings. The van der Waals surface area contributed by atoms with Crippen LogP contribution >= 0.6 is 0 Å². The van der Waals surface area contributed by atoms with Gasteiger partial charge in [0.15, 0.2) is 8.32 Å². The fraction of sp³-hybridized carbons (Fsp3) is 0.591. The zero-order valence-electron chi connectivity index (χ0n) is 18.7. The van der Waals surface area contributed by atoms with Gasteiger partial charge >= 0.3 is 0 Å². The van der Waals surface area contributed by atoms with Gasteiger partial charge in [0.25, 0.3) is 5.91 Å². The Morgan fingerprint density at radius 2 is 1.93 bits per heavy atom. The van der Waals surface area contributed by atoms with E-state index in [2.05, 4.69) is 39.2 Å². The molecule has 2 atom stereocenters. The number of carbonyl (C=O) groups is 3. The van der Waals surface area contributed by atoms with Crippen LogP contribution in [0.25, 0.3) is 0 Å². The summed E-state index contributed by atoms with van der Waals surface area (Å²) in [6.07, 6.45) is 0.505. The van der Waals surface area contributed by atoms with Crippen molar-refractivity contribution in [1.29, 1.82) is 0 Å². The summed E-state index contributed by atoms with van der Waals surface area (Å²) in [5.74, 6) is -0.261. The fourth-order valence-electron chi connectivity index (χ4n) is 3.61. The van der Waals surface area contributed by atoms with Crippen molar-refractivity contribution >= 4 is 26.0 Å². The smallest absolute Gasteiger partial charge is 0.255 e. The highest BCUT2D eigenvalue weighted by atomic mass is 28.4. The summed E-state index contributed by atoms with van der Waals surface area (Å²) in [6.45, 7) is 13.7. The first kappa shape index (κ1) is 22.5. The van der Waals surface area contributed by atoms with E-state index < -0.39 is 20.3 Å². The number of nitrogens with one attached hydrogen (secondary N) is 1. The first-order chi connectivity index (χ1) is 13.9. The molecule has 1 N–H and O–H groups in total. The Labute approximate surface area is 179 Å². The Bertz CT molecular complexity index is 862. The molecule has 0 radical (unpaired) electrons. The lowest BCUT2D eigenvalue weighted by atomic mass is 10.0. The van der Waals surface area contributed by atoms with Crippen LogP contribution in [0.1, 0.15) is 56.5 Å². The third-order valence-electron chi connectivity index (χ3n) is 6.31. The Balaban J connectivity index is 1.69. The first-order valence-electron chi connectivity index (χ1n) is 10.5. The van der Waals surface area contributed by atoms with E-state index >= 15 is 0 Å². The standard InChI is InChI=1S/C22H32N2O5Si/c1-14(29-30(5,6)22(2,3)4)13-28-18-9-7-8-15-16(18)12-24(21(15)27)17-10-11-19(25)23-20(17)26/h7-9,14,17H,10-13H2,1-6H3,(H,23,25,26)/t14-,17?/m1/s1. The zero-order chi connectivity index (χ0) is 22.3. The third kappa shape index (κ3) is 4.44. The number of rotatable bonds is 6. The molecular weight excluding hydrogens is 400 g/mol. The van der Waals surface area contributed by atoms with Gasteiger partial charge in [-0.15, -0.1) is 0 Å². The molecule has 1 saturated heterocycles. The maximum Gasteiger partial charge on any atom is 0.255 e.